The minimum Gasteiger partial charge on any atom is -0.464 e. The van der Waals surface area contributed by atoms with Gasteiger partial charge in [-0.05, 0) is 0 Å². The molecule has 0 bridgehead atoms. The molecule has 0 spiro atoms. The lowest BCUT2D eigenvalue weighted by Gasteiger charge is -2.06. The van der Waals surface area contributed by atoms with E-state index < -0.39 is 0 Å². The number of aliphatic hydroxyl groups excluding tert-OH is 2. The molecule has 0 radical (unpaired) electrons. The van der Waals surface area contributed by atoms with Crippen LogP contribution in [0.5, 0.6) is 0 Å². The van der Waals surface area contributed by atoms with Gasteiger partial charge in [0.2, 0.25) is 0 Å². The summed E-state index contributed by atoms with van der Waals surface area (Å²) in [5, 5.41) is 19.8. The topological polar surface area (TPSA) is 130 Å². The monoisotopic (exact) mass is 736 g/mol. The Morgan fingerprint density at radius 2 is 0.732 bits per heavy atom. The van der Waals surface area contributed by atoms with Crippen LogP contribution in [-0.2, 0) is 38.6 Å². The van der Waals surface area contributed by atoms with Gasteiger partial charge in [0.25, 0.3) is 0 Å². The van der Waals surface area contributed by atoms with Crippen LogP contribution in [0.25, 0.3) is 0 Å². The summed E-state index contributed by atoms with van der Waals surface area (Å²) in [6.07, 6.45) is 0. The molecule has 0 aromatic heterocycles. The third kappa shape index (κ3) is 37.6. The zero-order valence-corrected chi connectivity index (χ0v) is 29.8. The number of hydrogen-bond acceptors (Lipinski definition) is 18. The fourth-order valence-corrected chi connectivity index (χ4v) is 8.39. The molecule has 0 rings (SSSR count). The predicted octanol–water partition coefficient (Wildman–Crippen LogP) is 3.69. The largest absolute Gasteiger partial charge is 0.464 e. The molecular weight excluding hydrogens is 693 g/mol. The van der Waals surface area contributed by atoms with E-state index in [1.807, 2.05) is 0 Å². The van der Waals surface area contributed by atoms with Gasteiger partial charge in [-0.3, -0.25) is 9.59 Å². The molecule has 0 heterocycles. The van der Waals surface area contributed by atoms with Crippen molar-refractivity contribution in [1.82, 2.24) is 0 Å². The molecule has 0 saturated heterocycles. The maximum Gasteiger partial charge on any atom is 0.315 e. The second-order valence-corrected chi connectivity index (χ2v) is 17.0. The summed E-state index contributed by atoms with van der Waals surface area (Å²) < 4.78 is 10.4. The molecule has 0 aliphatic rings. The minimum absolute atomic E-state index is 0.144. The molecule has 0 atom stereocenters. The van der Waals surface area contributed by atoms with Gasteiger partial charge in [-0.15, -0.1) is 70.6 Å². The highest BCUT2D eigenvalue weighted by Crippen LogP contribution is 2.14. The minimum atomic E-state index is -0.205. The van der Waals surface area contributed by atoms with Gasteiger partial charge in [-0.25, -0.2) is 19.6 Å². The fourth-order valence-electron chi connectivity index (χ4n) is 2.12. The Morgan fingerprint density at radius 3 is 1.12 bits per heavy atom. The summed E-state index contributed by atoms with van der Waals surface area (Å²) in [7, 11) is 0. The molecule has 0 aromatic rings. The Balaban J connectivity index is 3.19. The van der Waals surface area contributed by atoms with Crippen LogP contribution in [-0.4, -0.2) is 148 Å². The number of thioether (sulfide) groups is 8. The molecule has 2 N–H and O–H groups in total. The fraction of sp³-hybridized carbons (Fsp3) is 0.913. The maximum atomic E-state index is 11.8. The highest BCUT2D eigenvalue weighted by molar-refractivity contribution is 8.16. The Labute approximate surface area is 278 Å². The van der Waals surface area contributed by atoms with Crippen molar-refractivity contribution in [2.45, 2.75) is 0 Å². The Morgan fingerprint density at radius 1 is 0.415 bits per heavy atom. The van der Waals surface area contributed by atoms with Crippen molar-refractivity contribution in [2.75, 3.05) is 126 Å². The van der Waals surface area contributed by atoms with E-state index in [2.05, 4.69) is 0 Å². The standard InChI is InChI=1S/C23H44O10S8/c24-1-9-34-11-3-28-22(26)17-40-20-39-16-8-33-32-6-14-37-19-36-12-4-29-23(27)18-41-21-38-15-7-31-30-5-13-35-10-2-25/h24-25H,1-21H2. The van der Waals surface area contributed by atoms with Crippen LogP contribution in [0.1, 0.15) is 0 Å². The molecule has 18 heteroatoms. The predicted molar refractivity (Wildman–Crippen MR) is 184 cm³/mol. The first-order valence-corrected chi connectivity index (χ1v) is 22.1. The van der Waals surface area contributed by atoms with Gasteiger partial charge in [0.1, 0.15) is 13.2 Å². The highest BCUT2D eigenvalue weighted by atomic mass is 32.2. The smallest absolute Gasteiger partial charge is 0.315 e. The lowest BCUT2D eigenvalue weighted by molar-refractivity contribution is -0.285. The number of carbonyl (C=O) groups excluding carboxylic acids is 2. The number of carbonyl (C=O) groups is 2. The van der Waals surface area contributed by atoms with E-state index in [-0.39, 0.29) is 25.2 Å². The number of ether oxygens (including phenoxy) is 2. The van der Waals surface area contributed by atoms with Crippen molar-refractivity contribution in [1.29, 1.82) is 0 Å². The quantitative estimate of drug-likeness (QED) is 0.0327. The molecule has 0 aromatic carbocycles. The van der Waals surface area contributed by atoms with Gasteiger partial charge in [0.05, 0.1) is 51.1 Å². The van der Waals surface area contributed by atoms with Crippen molar-refractivity contribution in [3.63, 3.8) is 0 Å². The number of hydrogen-bond donors (Lipinski definition) is 2. The summed E-state index contributed by atoms with van der Waals surface area (Å²) >= 11 is 13.1. The molecule has 0 fully saturated rings. The van der Waals surface area contributed by atoms with Gasteiger partial charge in [-0.2, -0.15) is 23.5 Å². The normalized spacial score (nSPS) is 11.2. The average Bonchev–Trinajstić information content (AvgIpc) is 2.97. The zero-order valence-electron chi connectivity index (χ0n) is 23.3. The summed E-state index contributed by atoms with van der Waals surface area (Å²) in [6.45, 7) is 3.15. The Bertz CT molecular complexity index is 573. The summed E-state index contributed by atoms with van der Waals surface area (Å²) in [5.74, 6) is 6.36. The van der Waals surface area contributed by atoms with E-state index in [1.165, 1.54) is 23.5 Å². The lowest BCUT2D eigenvalue weighted by atomic mass is 10.8. The van der Waals surface area contributed by atoms with E-state index in [0.29, 0.717) is 68.4 Å². The van der Waals surface area contributed by atoms with Crippen LogP contribution in [0.2, 0.25) is 0 Å². The third-order valence-electron chi connectivity index (χ3n) is 3.80. The molecule has 0 unspecified atom stereocenters. The van der Waals surface area contributed by atoms with Crippen LogP contribution in [0.4, 0.5) is 0 Å². The second kappa shape index (κ2) is 37.7. The van der Waals surface area contributed by atoms with Crippen LogP contribution in [0, 0.1) is 0 Å². The highest BCUT2D eigenvalue weighted by Gasteiger charge is 2.04. The van der Waals surface area contributed by atoms with E-state index in [0.717, 1.165) is 44.0 Å². The van der Waals surface area contributed by atoms with Crippen LogP contribution in [0.15, 0.2) is 0 Å². The SMILES string of the molecule is O=C(CSCSCCOOCCSCSCCOC(=O)CSCSCCOOCCSCCO)OCCSCCO. The molecule has 0 amide bonds. The molecule has 244 valence electrons. The van der Waals surface area contributed by atoms with E-state index in [1.54, 1.807) is 70.6 Å². The van der Waals surface area contributed by atoms with Crippen molar-refractivity contribution in [3.05, 3.63) is 0 Å². The zero-order chi connectivity index (χ0) is 29.9. The first kappa shape index (κ1) is 42.5. The van der Waals surface area contributed by atoms with Gasteiger partial charge in [0.15, 0.2) is 0 Å². The van der Waals surface area contributed by atoms with Crippen LogP contribution < -0.4 is 0 Å². The maximum absolute atomic E-state index is 11.8. The van der Waals surface area contributed by atoms with Gasteiger partial charge < -0.3 is 19.7 Å². The van der Waals surface area contributed by atoms with E-state index in [9.17, 15) is 9.59 Å². The van der Waals surface area contributed by atoms with Gasteiger partial charge in [0, 0.05) is 61.3 Å². The third-order valence-corrected chi connectivity index (χ3v) is 12.4. The number of aliphatic hydroxyl groups is 2. The molecule has 41 heavy (non-hydrogen) atoms. The van der Waals surface area contributed by atoms with Crippen molar-refractivity contribution >= 4 is 106 Å². The summed E-state index contributed by atoms with van der Waals surface area (Å²) in [6, 6.07) is 0. The lowest BCUT2D eigenvalue weighted by Crippen LogP contribution is -2.10. The summed E-state index contributed by atoms with van der Waals surface area (Å²) in [4.78, 5) is 43.7. The Hall–Kier alpha value is 1.50. The molecule has 0 aliphatic heterocycles. The van der Waals surface area contributed by atoms with Crippen molar-refractivity contribution in [3.8, 4) is 0 Å². The molecule has 0 saturated carbocycles. The van der Waals surface area contributed by atoms with E-state index in [4.69, 9.17) is 39.2 Å². The van der Waals surface area contributed by atoms with Crippen molar-refractivity contribution in [2.24, 2.45) is 0 Å². The Kier molecular flexibility index (Phi) is 39.1. The average molecular weight is 737 g/mol. The molecular formula is C23H44O10S8. The second-order valence-electron chi connectivity index (χ2n) is 7.08. The van der Waals surface area contributed by atoms with Crippen LogP contribution in [0.3, 0.4) is 0 Å². The van der Waals surface area contributed by atoms with Gasteiger partial charge >= 0.3 is 11.9 Å². The van der Waals surface area contributed by atoms with Crippen molar-refractivity contribution < 1.29 is 48.8 Å². The number of rotatable bonds is 34. The number of esters is 2. The first-order chi connectivity index (χ1) is 20.2. The van der Waals surface area contributed by atoms with Crippen LogP contribution >= 0.6 is 94.1 Å². The van der Waals surface area contributed by atoms with E-state index >= 15 is 0 Å². The first-order valence-electron chi connectivity index (χ1n) is 12.8. The molecule has 0 aliphatic carbocycles. The summed E-state index contributed by atoms with van der Waals surface area (Å²) in [5.41, 5.74) is 0. The molecule has 10 nitrogen and oxygen atoms in total. The van der Waals surface area contributed by atoms with Gasteiger partial charge in [-0.1, -0.05) is 0 Å².